The Kier molecular flexibility index (Phi) is 5.99. The Morgan fingerprint density at radius 3 is 2.53 bits per heavy atom. The zero-order valence-electron chi connectivity index (χ0n) is 9.10. The first-order valence-electron chi connectivity index (χ1n) is 5.41. The molecule has 0 aromatic heterocycles. The van der Waals surface area contributed by atoms with Crippen molar-refractivity contribution in [3.05, 3.63) is 72.9 Å². The van der Waals surface area contributed by atoms with Gasteiger partial charge >= 0.3 is 0 Å². The summed E-state index contributed by atoms with van der Waals surface area (Å²) in [4.78, 5) is 0. The quantitative estimate of drug-likeness (QED) is 0.472. The molecule has 0 atom stereocenters. The van der Waals surface area contributed by atoms with Crippen LogP contribution in [0.4, 0.5) is 0 Å². The van der Waals surface area contributed by atoms with Crippen molar-refractivity contribution in [2.45, 2.75) is 19.3 Å². The summed E-state index contributed by atoms with van der Waals surface area (Å²) >= 11 is 0. The largest absolute Gasteiger partial charge is 0.0991 e. The van der Waals surface area contributed by atoms with Crippen molar-refractivity contribution in [1.82, 2.24) is 0 Å². The van der Waals surface area contributed by atoms with Crippen molar-refractivity contribution >= 4 is 0 Å². The lowest BCUT2D eigenvalue weighted by Crippen LogP contribution is -1.82. The standard InChI is InChI=1S/C15H18/c1-2-3-4-5-6-7-9-12-15-13-10-8-11-14-15/h2-6,8,10-11,13-14H,1,7,9,12H2/b4-3+,6-5+. The molecule has 0 spiro atoms. The lowest BCUT2D eigenvalue weighted by molar-refractivity contribution is 0.843. The Morgan fingerprint density at radius 1 is 1.00 bits per heavy atom. The topological polar surface area (TPSA) is 0 Å². The van der Waals surface area contributed by atoms with Crippen LogP contribution in [0.5, 0.6) is 0 Å². The Morgan fingerprint density at radius 2 is 1.80 bits per heavy atom. The molecule has 1 aromatic carbocycles. The molecular weight excluding hydrogens is 180 g/mol. The number of unbranched alkanes of at least 4 members (excludes halogenated alkanes) is 1. The van der Waals surface area contributed by atoms with Crippen LogP contribution in [-0.4, -0.2) is 0 Å². The highest BCUT2D eigenvalue weighted by Gasteiger charge is 1.88. The number of rotatable bonds is 6. The summed E-state index contributed by atoms with van der Waals surface area (Å²) in [6, 6.07) is 10.6. The van der Waals surface area contributed by atoms with Gasteiger partial charge in [-0.15, -0.1) is 0 Å². The van der Waals surface area contributed by atoms with Crippen LogP contribution in [0.2, 0.25) is 0 Å². The van der Waals surface area contributed by atoms with Crippen molar-refractivity contribution in [3.8, 4) is 0 Å². The zero-order valence-corrected chi connectivity index (χ0v) is 9.10. The van der Waals surface area contributed by atoms with E-state index < -0.39 is 0 Å². The number of hydrogen-bond donors (Lipinski definition) is 0. The molecule has 1 rings (SSSR count). The van der Waals surface area contributed by atoms with Crippen LogP contribution in [-0.2, 0) is 6.42 Å². The normalized spacial score (nSPS) is 11.2. The van der Waals surface area contributed by atoms with Gasteiger partial charge in [0.05, 0.1) is 0 Å². The lowest BCUT2D eigenvalue weighted by Gasteiger charge is -1.97. The van der Waals surface area contributed by atoms with E-state index >= 15 is 0 Å². The molecule has 0 heterocycles. The van der Waals surface area contributed by atoms with Gasteiger partial charge in [-0.1, -0.05) is 67.3 Å². The molecule has 0 nitrogen and oxygen atoms in total. The van der Waals surface area contributed by atoms with E-state index in [0.29, 0.717) is 0 Å². The summed E-state index contributed by atoms with van der Waals surface area (Å²) in [5.41, 5.74) is 1.42. The van der Waals surface area contributed by atoms with Gasteiger partial charge in [-0.25, -0.2) is 0 Å². The highest BCUT2D eigenvalue weighted by molar-refractivity contribution is 5.15. The van der Waals surface area contributed by atoms with Gasteiger partial charge in [-0.2, -0.15) is 0 Å². The molecule has 0 aliphatic carbocycles. The fraction of sp³-hybridized carbons (Fsp3) is 0.200. The molecule has 0 saturated carbocycles. The van der Waals surface area contributed by atoms with Crippen molar-refractivity contribution < 1.29 is 0 Å². The van der Waals surface area contributed by atoms with Crippen LogP contribution >= 0.6 is 0 Å². The van der Waals surface area contributed by atoms with Gasteiger partial charge in [-0.3, -0.25) is 0 Å². The third-order valence-electron chi connectivity index (χ3n) is 2.17. The number of hydrogen-bond acceptors (Lipinski definition) is 0. The molecular formula is C15H18. The molecule has 0 bridgehead atoms. The maximum absolute atomic E-state index is 3.61. The summed E-state index contributed by atoms with van der Waals surface area (Å²) in [5, 5.41) is 0. The number of allylic oxidation sites excluding steroid dienone is 5. The summed E-state index contributed by atoms with van der Waals surface area (Å²) < 4.78 is 0. The average Bonchev–Trinajstić information content (AvgIpc) is 2.29. The Hall–Kier alpha value is -1.56. The fourth-order valence-corrected chi connectivity index (χ4v) is 1.39. The van der Waals surface area contributed by atoms with Gasteiger partial charge in [0.1, 0.15) is 0 Å². The first kappa shape index (κ1) is 11.5. The van der Waals surface area contributed by atoms with Gasteiger partial charge in [-0.05, 0) is 24.8 Å². The van der Waals surface area contributed by atoms with E-state index in [-0.39, 0.29) is 0 Å². The van der Waals surface area contributed by atoms with Crippen molar-refractivity contribution in [2.24, 2.45) is 0 Å². The maximum Gasteiger partial charge on any atom is -0.0276 e. The van der Waals surface area contributed by atoms with Crippen LogP contribution < -0.4 is 0 Å². The molecule has 15 heavy (non-hydrogen) atoms. The molecule has 0 heteroatoms. The van der Waals surface area contributed by atoms with Gasteiger partial charge in [0.15, 0.2) is 0 Å². The molecule has 0 saturated heterocycles. The summed E-state index contributed by atoms with van der Waals surface area (Å²) in [6.07, 6.45) is 13.5. The summed E-state index contributed by atoms with van der Waals surface area (Å²) in [5.74, 6) is 0. The van der Waals surface area contributed by atoms with Gasteiger partial charge in [0.25, 0.3) is 0 Å². The summed E-state index contributed by atoms with van der Waals surface area (Å²) in [7, 11) is 0. The van der Waals surface area contributed by atoms with Gasteiger partial charge in [0.2, 0.25) is 0 Å². The first-order valence-corrected chi connectivity index (χ1v) is 5.41. The van der Waals surface area contributed by atoms with Crippen LogP contribution in [0.1, 0.15) is 18.4 Å². The second-order valence-corrected chi connectivity index (χ2v) is 3.43. The predicted octanol–water partition coefficient (Wildman–Crippen LogP) is 4.31. The molecule has 0 fully saturated rings. The molecule has 0 radical (unpaired) electrons. The first-order chi connectivity index (χ1) is 7.43. The van der Waals surface area contributed by atoms with E-state index in [1.54, 1.807) is 6.08 Å². The van der Waals surface area contributed by atoms with Gasteiger partial charge < -0.3 is 0 Å². The Bertz CT molecular complexity index is 317. The molecule has 0 amide bonds. The van der Waals surface area contributed by atoms with Gasteiger partial charge in [0, 0.05) is 0 Å². The molecule has 1 aromatic rings. The van der Waals surface area contributed by atoms with Crippen LogP contribution in [0.15, 0.2) is 67.3 Å². The van der Waals surface area contributed by atoms with E-state index in [1.165, 1.54) is 12.0 Å². The van der Waals surface area contributed by atoms with Crippen molar-refractivity contribution in [3.63, 3.8) is 0 Å². The monoisotopic (exact) mass is 198 g/mol. The second-order valence-electron chi connectivity index (χ2n) is 3.43. The Balaban J connectivity index is 2.14. The fourth-order valence-electron chi connectivity index (χ4n) is 1.39. The van der Waals surface area contributed by atoms with E-state index in [0.717, 1.165) is 12.8 Å². The minimum atomic E-state index is 1.14. The average molecular weight is 198 g/mol. The number of benzene rings is 1. The predicted molar refractivity (Wildman–Crippen MR) is 67.9 cm³/mol. The SMILES string of the molecule is C=C/C=C/C=C/CCCc1ccccc1. The van der Waals surface area contributed by atoms with Crippen molar-refractivity contribution in [1.29, 1.82) is 0 Å². The van der Waals surface area contributed by atoms with E-state index in [1.807, 2.05) is 12.2 Å². The highest BCUT2D eigenvalue weighted by Crippen LogP contribution is 2.04. The zero-order chi connectivity index (χ0) is 10.8. The van der Waals surface area contributed by atoms with E-state index in [9.17, 15) is 0 Å². The maximum atomic E-state index is 3.61. The lowest BCUT2D eigenvalue weighted by atomic mass is 10.1. The molecule has 78 valence electrons. The number of aryl methyl sites for hydroxylation is 1. The van der Waals surface area contributed by atoms with Crippen molar-refractivity contribution in [2.75, 3.05) is 0 Å². The third-order valence-corrected chi connectivity index (χ3v) is 2.17. The molecule has 0 aliphatic heterocycles. The second kappa shape index (κ2) is 7.81. The minimum Gasteiger partial charge on any atom is -0.0991 e. The van der Waals surface area contributed by atoms with Crippen LogP contribution in [0.25, 0.3) is 0 Å². The summed E-state index contributed by atoms with van der Waals surface area (Å²) in [6.45, 7) is 3.61. The van der Waals surface area contributed by atoms with E-state index in [4.69, 9.17) is 0 Å². The molecule has 0 aliphatic rings. The van der Waals surface area contributed by atoms with E-state index in [2.05, 4.69) is 49.1 Å². The van der Waals surface area contributed by atoms with Crippen LogP contribution in [0.3, 0.4) is 0 Å². The molecule has 0 unspecified atom stereocenters. The molecule has 0 N–H and O–H groups in total. The third kappa shape index (κ3) is 5.69. The minimum absolute atomic E-state index is 1.14. The smallest absolute Gasteiger partial charge is 0.0276 e. The van der Waals surface area contributed by atoms with Crippen LogP contribution in [0, 0.1) is 0 Å². The highest BCUT2D eigenvalue weighted by atomic mass is 13.9. The Labute approximate surface area is 92.6 Å².